The molecule has 0 N–H and O–H groups in total. The van der Waals surface area contributed by atoms with Gasteiger partial charge in [0.1, 0.15) is 10.9 Å². The van der Waals surface area contributed by atoms with Gasteiger partial charge in [-0.25, -0.2) is 19.7 Å². The molecule has 0 radical (unpaired) electrons. The lowest BCUT2D eigenvalue weighted by Gasteiger charge is -2.09. The number of esters is 1. The smallest absolute Gasteiger partial charge is 0.338 e. The summed E-state index contributed by atoms with van der Waals surface area (Å²) in [6, 6.07) is 14.7. The van der Waals surface area contributed by atoms with Crippen LogP contribution in [0.15, 0.2) is 59.7 Å². The Balaban J connectivity index is 1.68. The summed E-state index contributed by atoms with van der Waals surface area (Å²) in [5, 5.41) is 0.442. The molecule has 0 fully saturated rings. The molecule has 5 rings (SSSR count). The molecule has 0 atom stereocenters. The van der Waals surface area contributed by atoms with Gasteiger partial charge < -0.3 is 4.74 Å². The third-order valence-electron chi connectivity index (χ3n) is 6.27. The summed E-state index contributed by atoms with van der Waals surface area (Å²) in [6.07, 6.45) is 4.26. The van der Waals surface area contributed by atoms with Gasteiger partial charge in [-0.1, -0.05) is 39.3 Å². The molecule has 184 valence electrons. The number of fused-ring (bicyclic) bond motifs is 4. The fourth-order valence-electron chi connectivity index (χ4n) is 4.21. The topological polar surface area (TPSA) is 91.9 Å². The highest BCUT2D eigenvalue weighted by molar-refractivity contribution is 6.05. The van der Waals surface area contributed by atoms with E-state index in [2.05, 4.69) is 18.8 Å². The molecule has 8 nitrogen and oxygen atoms in total. The molecule has 0 spiro atoms. The average molecular weight is 484 g/mol. The predicted molar refractivity (Wildman–Crippen MR) is 141 cm³/mol. The van der Waals surface area contributed by atoms with Crippen LogP contribution in [0, 0.1) is 5.92 Å². The minimum atomic E-state index is -0.353. The van der Waals surface area contributed by atoms with E-state index in [4.69, 9.17) is 14.7 Å². The van der Waals surface area contributed by atoms with Crippen molar-refractivity contribution in [2.75, 3.05) is 6.61 Å². The third-order valence-corrected chi connectivity index (χ3v) is 6.27. The van der Waals surface area contributed by atoms with Gasteiger partial charge in [-0.3, -0.25) is 13.9 Å². The Bertz CT molecular complexity index is 1620. The summed E-state index contributed by atoms with van der Waals surface area (Å²) < 4.78 is 8.82. The van der Waals surface area contributed by atoms with Gasteiger partial charge in [-0.05, 0) is 55.2 Å². The van der Waals surface area contributed by atoms with E-state index in [-0.39, 0.29) is 11.5 Å². The predicted octanol–water partition coefficient (Wildman–Crippen LogP) is 5.29. The van der Waals surface area contributed by atoms with Crippen LogP contribution < -0.4 is 5.56 Å². The van der Waals surface area contributed by atoms with Crippen LogP contribution in [0.3, 0.4) is 0 Å². The minimum absolute atomic E-state index is 0.134. The monoisotopic (exact) mass is 483 g/mol. The minimum Gasteiger partial charge on any atom is -0.462 e. The van der Waals surface area contributed by atoms with E-state index in [1.54, 1.807) is 23.0 Å². The van der Waals surface area contributed by atoms with Crippen molar-refractivity contribution in [1.29, 1.82) is 0 Å². The summed E-state index contributed by atoms with van der Waals surface area (Å²) in [7, 11) is 0. The summed E-state index contributed by atoms with van der Waals surface area (Å²) in [5.74, 6) is 0.110. The Morgan fingerprint density at radius 3 is 2.42 bits per heavy atom. The van der Waals surface area contributed by atoms with E-state index in [0.29, 0.717) is 52.3 Å². The second-order valence-corrected chi connectivity index (χ2v) is 9.38. The Morgan fingerprint density at radius 1 is 1.00 bits per heavy atom. The van der Waals surface area contributed by atoms with Gasteiger partial charge in [0.25, 0.3) is 5.56 Å². The van der Waals surface area contributed by atoms with Gasteiger partial charge in [0.15, 0.2) is 11.3 Å². The molecule has 0 aliphatic carbocycles. The molecule has 0 amide bonds. The number of carbonyl (C=O) groups excluding carboxylic acids is 1. The molecule has 0 saturated heterocycles. The van der Waals surface area contributed by atoms with Crippen LogP contribution in [0.1, 0.15) is 50.4 Å². The Kier molecular flexibility index (Phi) is 6.50. The van der Waals surface area contributed by atoms with Crippen LogP contribution in [0.2, 0.25) is 0 Å². The number of carbonyl (C=O) groups is 1. The van der Waals surface area contributed by atoms with E-state index in [1.165, 1.54) is 0 Å². The summed E-state index contributed by atoms with van der Waals surface area (Å²) in [4.78, 5) is 40.3. The van der Waals surface area contributed by atoms with Crippen molar-refractivity contribution in [2.45, 2.75) is 46.6 Å². The van der Waals surface area contributed by atoms with Gasteiger partial charge in [0, 0.05) is 12.2 Å². The molecule has 36 heavy (non-hydrogen) atoms. The first-order chi connectivity index (χ1) is 17.5. The van der Waals surface area contributed by atoms with Crippen molar-refractivity contribution in [3.05, 3.63) is 70.8 Å². The van der Waals surface area contributed by atoms with Crippen LogP contribution >= 0.6 is 0 Å². The lowest BCUT2D eigenvalue weighted by Crippen LogP contribution is -2.21. The van der Waals surface area contributed by atoms with Crippen molar-refractivity contribution in [2.24, 2.45) is 5.92 Å². The number of hydrogen-bond acceptors (Lipinski definition) is 6. The maximum atomic E-state index is 13.6. The summed E-state index contributed by atoms with van der Waals surface area (Å²) in [5.41, 5.74) is 4.06. The zero-order valence-electron chi connectivity index (χ0n) is 20.8. The summed E-state index contributed by atoms with van der Waals surface area (Å²) >= 11 is 0. The molecule has 0 bridgehead atoms. The van der Waals surface area contributed by atoms with Crippen LogP contribution in [0.25, 0.3) is 38.9 Å². The molecule has 8 heteroatoms. The van der Waals surface area contributed by atoms with E-state index in [1.807, 2.05) is 47.9 Å². The highest BCUT2D eigenvalue weighted by atomic mass is 16.5. The molecule has 0 unspecified atom stereocenters. The van der Waals surface area contributed by atoms with Gasteiger partial charge in [0.2, 0.25) is 0 Å². The molecule has 2 aromatic carbocycles. The maximum Gasteiger partial charge on any atom is 0.338 e. The Hall–Kier alpha value is -4.07. The first kappa shape index (κ1) is 23.7. The van der Waals surface area contributed by atoms with E-state index in [0.717, 1.165) is 30.5 Å². The van der Waals surface area contributed by atoms with Crippen molar-refractivity contribution < 1.29 is 9.53 Å². The number of aryl methyl sites for hydroxylation is 1. The van der Waals surface area contributed by atoms with Gasteiger partial charge in [-0.2, -0.15) is 0 Å². The number of nitrogens with zero attached hydrogens (tertiary/aromatic N) is 5. The van der Waals surface area contributed by atoms with Crippen molar-refractivity contribution >= 4 is 39.2 Å². The van der Waals surface area contributed by atoms with Crippen molar-refractivity contribution in [3.63, 3.8) is 0 Å². The first-order valence-electron chi connectivity index (χ1n) is 12.4. The van der Waals surface area contributed by atoms with Crippen molar-refractivity contribution in [3.8, 4) is 5.69 Å². The molecule has 0 saturated carbocycles. The van der Waals surface area contributed by atoms with Crippen molar-refractivity contribution in [1.82, 2.24) is 24.1 Å². The Labute approximate surface area is 208 Å². The van der Waals surface area contributed by atoms with Gasteiger partial charge in [0.05, 0.1) is 29.5 Å². The molecular weight excluding hydrogens is 454 g/mol. The number of para-hydroxylation sites is 2. The SMILES string of the molecule is CCCCOC(=O)c1ccc(-n2c3nc4ccccc4nc3c3c(=O)n(CCC(C)C)cnc32)cc1. The number of aromatic nitrogens is 5. The highest BCUT2D eigenvalue weighted by Gasteiger charge is 2.21. The lowest BCUT2D eigenvalue weighted by atomic mass is 10.1. The zero-order valence-corrected chi connectivity index (χ0v) is 20.8. The highest BCUT2D eigenvalue weighted by Crippen LogP contribution is 2.28. The van der Waals surface area contributed by atoms with Crippen LogP contribution in [0.5, 0.6) is 0 Å². The quantitative estimate of drug-likeness (QED) is 0.220. The van der Waals surface area contributed by atoms with E-state index >= 15 is 0 Å². The van der Waals surface area contributed by atoms with Crippen LogP contribution in [0.4, 0.5) is 0 Å². The number of unbranched alkanes of at least 4 members (excludes halogenated alkanes) is 1. The van der Waals surface area contributed by atoms with Crippen LogP contribution in [-0.2, 0) is 11.3 Å². The average Bonchev–Trinajstić information content (AvgIpc) is 3.20. The largest absolute Gasteiger partial charge is 0.462 e. The molecular formula is C28H29N5O3. The van der Waals surface area contributed by atoms with E-state index < -0.39 is 0 Å². The normalized spacial score (nSPS) is 11.7. The molecule has 0 aliphatic rings. The third kappa shape index (κ3) is 4.34. The fourth-order valence-corrected chi connectivity index (χ4v) is 4.21. The van der Waals surface area contributed by atoms with E-state index in [9.17, 15) is 9.59 Å². The zero-order chi connectivity index (χ0) is 25.2. The lowest BCUT2D eigenvalue weighted by molar-refractivity contribution is 0.0500. The van der Waals surface area contributed by atoms with Gasteiger partial charge in [-0.15, -0.1) is 0 Å². The second kappa shape index (κ2) is 9.89. The standard InChI is InChI=1S/C28H29N5O3/c1-4-5-16-36-28(35)19-10-12-20(13-11-19)33-25-23(27(34)32(17-29-25)15-14-18(2)3)24-26(33)31-22-9-7-6-8-21(22)30-24/h6-13,17-18H,4-5,14-16H2,1-3H3. The maximum absolute atomic E-state index is 13.6. The first-order valence-corrected chi connectivity index (χ1v) is 12.4. The molecule has 3 heterocycles. The van der Waals surface area contributed by atoms with Gasteiger partial charge >= 0.3 is 5.97 Å². The molecule has 0 aliphatic heterocycles. The number of ether oxygens (including phenoxy) is 1. The van der Waals surface area contributed by atoms with Crippen LogP contribution in [-0.4, -0.2) is 36.7 Å². The molecule has 3 aromatic heterocycles. The fraction of sp³-hybridized carbons (Fsp3) is 0.321. The second-order valence-electron chi connectivity index (χ2n) is 9.38. The summed E-state index contributed by atoms with van der Waals surface area (Å²) in [6.45, 7) is 7.29. The molecule has 5 aromatic rings. The number of hydrogen-bond donors (Lipinski definition) is 0. The number of rotatable bonds is 8. The number of benzene rings is 2. The Morgan fingerprint density at radius 2 is 1.72 bits per heavy atom.